The average Bonchev–Trinajstić information content (AvgIpc) is 3.25. The van der Waals surface area contributed by atoms with Gasteiger partial charge in [0.15, 0.2) is 5.82 Å². The van der Waals surface area contributed by atoms with Gasteiger partial charge in [0.2, 0.25) is 0 Å². The molecular formula is C16H24N6OS. The van der Waals surface area contributed by atoms with Crippen LogP contribution in [0.1, 0.15) is 23.8 Å². The van der Waals surface area contributed by atoms with Crippen molar-refractivity contribution in [3.05, 3.63) is 28.8 Å². The maximum atomic E-state index is 12.4. The van der Waals surface area contributed by atoms with Crippen molar-refractivity contribution in [3.63, 3.8) is 0 Å². The molecule has 0 aliphatic carbocycles. The number of hydrogen-bond acceptors (Lipinski definition) is 5. The van der Waals surface area contributed by atoms with Crippen molar-refractivity contribution in [1.82, 2.24) is 24.6 Å². The van der Waals surface area contributed by atoms with Crippen LogP contribution < -0.4 is 5.32 Å². The molecule has 1 N–H and O–H groups in total. The summed E-state index contributed by atoms with van der Waals surface area (Å²) in [7, 11) is 4.06. The van der Waals surface area contributed by atoms with Crippen LogP contribution in [0.15, 0.2) is 23.8 Å². The number of carbonyl (C=O) groups excluding carboxylic acids is 1. The van der Waals surface area contributed by atoms with E-state index in [9.17, 15) is 4.79 Å². The highest BCUT2D eigenvalue weighted by atomic mass is 32.1. The molecule has 0 bridgehead atoms. The lowest BCUT2D eigenvalue weighted by Crippen LogP contribution is -2.40. The molecule has 1 aliphatic rings. The van der Waals surface area contributed by atoms with Crippen LogP contribution in [0.25, 0.3) is 0 Å². The molecule has 2 aromatic rings. The number of nitrogens with zero attached hydrogens (tertiary/aromatic N) is 5. The molecule has 1 fully saturated rings. The summed E-state index contributed by atoms with van der Waals surface area (Å²) in [6.45, 7) is 3.25. The molecule has 8 heteroatoms. The van der Waals surface area contributed by atoms with Crippen LogP contribution in [0.5, 0.6) is 0 Å². The summed E-state index contributed by atoms with van der Waals surface area (Å²) >= 11 is 1.70. The molecule has 130 valence electrons. The lowest BCUT2D eigenvalue weighted by molar-refractivity contribution is 0.194. The van der Waals surface area contributed by atoms with Crippen LogP contribution in [0.2, 0.25) is 0 Å². The first kappa shape index (κ1) is 16.9. The van der Waals surface area contributed by atoms with Crippen molar-refractivity contribution in [3.8, 4) is 0 Å². The Morgan fingerprint density at radius 2 is 2.21 bits per heavy atom. The summed E-state index contributed by atoms with van der Waals surface area (Å²) < 4.78 is 1.85. The number of piperidine rings is 1. The molecule has 24 heavy (non-hydrogen) atoms. The van der Waals surface area contributed by atoms with Crippen LogP contribution in [-0.2, 0) is 6.54 Å². The van der Waals surface area contributed by atoms with Crippen LogP contribution in [-0.4, -0.2) is 64.3 Å². The smallest absolute Gasteiger partial charge is 0.323 e. The van der Waals surface area contributed by atoms with Gasteiger partial charge in [-0.2, -0.15) is 5.10 Å². The van der Waals surface area contributed by atoms with E-state index in [1.807, 2.05) is 47.5 Å². The Kier molecular flexibility index (Phi) is 5.47. The Labute approximate surface area is 146 Å². The number of rotatable bonds is 5. The number of hydrogen-bond donors (Lipinski definition) is 1. The summed E-state index contributed by atoms with van der Waals surface area (Å²) in [6, 6.07) is 1.78. The monoisotopic (exact) mass is 348 g/mol. The molecule has 3 heterocycles. The number of aromatic nitrogens is 3. The maximum absolute atomic E-state index is 12.4. The number of thiazole rings is 1. The van der Waals surface area contributed by atoms with Gasteiger partial charge >= 0.3 is 6.03 Å². The summed E-state index contributed by atoms with van der Waals surface area (Å²) in [6.07, 6.45) is 5.69. The quantitative estimate of drug-likeness (QED) is 0.900. The summed E-state index contributed by atoms with van der Waals surface area (Å²) in [4.78, 5) is 20.7. The van der Waals surface area contributed by atoms with E-state index < -0.39 is 0 Å². The SMILES string of the molecule is CN(C)CCn1ccc(NC(=O)N2CCC(c3nccs3)CC2)n1. The van der Waals surface area contributed by atoms with Crippen LogP contribution in [0, 0.1) is 0 Å². The van der Waals surface area contributed by atoms with Crippen molar-refractivity contribution in [2.24, 2.45) is 0 Å². The highest BCUT2D eigenvalue weighted by Gasteiger charge is 2.25. The molecule has 2 amide bonds. The third-order valence-corrected chi connectivity index (χ3v) is 5.17. The third-order valence-electron chi connectivity index (χ3n) is 4.23. The molecule has 0 radical (unpaired) electrons. The molecule has 3 rings (SSSR count). The normalized spacial score (nSPS) is 15.9. The van der Waals surface area contributed by atoms with Crippen LogP contribution in [0.4, 0.5) is 10.6 Å². The second-order valence-corrected chi connectivity index (χ2v) is 7.26. The van der Waals surface area contributed by atoms with Crippen molar-refractivity contribution in [2.75, 3.05) is 39.0 Å². The van der Waals surface area contributed by atoms with E-state index >= 15 is 0 Å². The lowest BCUT2D eigenvalue weighted by Gasteiger charge is -2.30. The average molecular weight is 348 g/mol. The molecule has 1 saturated heterocycles. The van der Waals surface area contributed by atoms with Crippen LogP contribution in [0.3, 0.4) is 0 Å². The van der Waals surface area contributed by atoms with Gasteiger partial charge in [-0.1, -0.05) is 0 Å². The van der Waals surface area contributed by atoms with E-state index in [1.165, 1.54) is 5.01 Å². The van der Waals surface area contributed by atoms with Gasteiger partial charge in [-0.05, 0) is 26.9 Å². The number of likely N-dealkylation sites (tertiary alicyclic amines) is 1. The van der Waals surface area contributed by atoms with Crippen molar-refractivity contribution in [1.29, 1.82) is 0 Å². The fourth-order valence-corrected chi connectivity index (χ4v) is 3.62. The molecule has 0 aromatic carbocycles. The van der Waals surface area contributed by atoms with Crippen molar-refractivity contribution in [2.45, 2.75) is 25.3 Å². The number of anilines is 1. The minimum atomic E-state index is -0.0644. The molecular weight excluding hydrogens is 324 g/mol. The van der Waals surface area contributed by atoms with Gasteiger partial charge in [0.25, 0.3) is 0 Å². The highest BCUT2D eigenvalue weighted by Crippen LogP contribution is 2.29. The predicted octanol–water partition coefficient (Wildman–Crippen LogP) is 2.31. The molecule has 0 saturated carbocycles. The Morgan fingerprint density at radius 1 is 1.42 bits per heavy atom. The number of likely N-dealkylation sites (N-methyl/N-ethyl adjacent to an activating group) is 1. The second-order valence-electron chi connectivity index (χ2n) is 6.33. The van der Waals surface area contributed by atoms with Gasteiger partial charge in [0.1, 0.15) is 0 Å². The summed E-state index contributed by atoms with van der Waals surface area (Å²) in [5.41, 5.74) is 0. The summed E-state index contributed by atoms with van der Waals surface area (Å²) in [5, 5.41) is 10.5. The van der Waals surface area contributed by atoms with Gasteiger partial charge in [-0.15, -0.1) is 11.3 Å². The highest BCUT2D eigenvalue weighted by molar-refractivity contribution is 7.09. The molecule has 0 spiro atoms. The predicted molar refractivity (Wildman–Crippen MR) is 95.5 cm³/mol. The fourth-order valence-electron chi connectivity index (χ4n) is 2.81. The molecule has 0 unspecified atom stereocenters. The largest absolute Gasteiger partial charge is 0.324 e. The zero-order chi connectivity index (χ0) is 16.9. The Morgan fingerprint density at radius 3 is 2.88 bits per heavy atom. The van der Waals surface area contributed by atoms with Gasteiger partial charge in [0, 0.05) is 49.4 Å². The standard InChI is InChI=1S/C16H24N6OS/c1-20(2)10-11-22-9-5-14(19-22)18-16(23)21-7-3-13(4-8-21)15-17-6-12-24-15/h5-6,9,12-13H,3-4,7-8,10-11H2,1-2H3,(H,18,19,23). The minimum absolute atomic E-state index is 0.0644. The van der Waals surface area contributed by atoms with Gasteiger partial charge in [0.05, 0.1) is 11.6 Å². The number of urea groups is 1. The molecule has 1 aliphatic heterocycles. The Bertz CT molecular complexity index is 645. The van der Waals surface area contributed by atoms with Gasteiger partial charge in [-0.25, -0.2) is 9.78 Å². The molecule has 0 atom stereocenters. The van der Waals surface area contributed by atoms with E-state index in [2.05, 4.69) is 20.3 Å². The molecule has 7 nitrogen and oxygen atoms in total. The van der Waals surface area contributed by atoms with Crippen LogP contribution >= 0.6 is 11.3 Å². The zero-order valence-electron chi connectivity index (χ0n) is 14.2. The van der Waals surface area contributed by atoms with Gasteiger partial charge < -0.3 is 9.80 Å². The number of carbonyl (C=O) groups is 1. The maximum Gasteiger partial charge on any atom is 0.323 e. The lowest BCUT2D eigenvalue weighted by atomic mass is 9.98. The number of amides is 2. The fraction of sp³-hybridized carbons (Fsp3) is 0.562. The van der Waals surface area contributed by atoms with E-state index in [1.54, 1.807) is 11.3 Å². The van der Waals surface area contributed by atoms with E-state index in [-0.39, 0.29) is 6.03 Å². The number of nitrogens with one attached hydrogen (secondary N) is 1. The zero-order valence-corrected chi connectivity index (χ0v) is 15.0. The van der Waals surface area contributed by atoms with E-state index in [4.69, 9.17) is 0 Å². The van der Waals surface area contributed by atoms with E-state index in [0.717, 1.165) is 39.0 Å². The topological polar surface area (TPSA) is 66.3 Å². The second kappa shape index (κ2) is 7.76. The Balaban J connectivity index is 1.47. The van der Waals surface area contributed by atoms with Gasteiger partial charge in [-0.3, -0.25) is 10.00 Å². The first-order valence-corrected chi connectivity index (χ1v) is 9.13. The molecule has 2 aromatic heterocycles. The summed E-state index contributed by atoms with van der Waals surface area (Å²) in [5.74, 6) is 1.10. The Hall–Kier alpha value is -1.93. The first-order valence-electron chi connectivity index (χ1n) is 8.25. The minimum Gasteiger partial charge on any atom is -0.324 e. The third kappa shape index (κ3) is 4.33. The van der Waals surface area contributed by atoms with E-state index in [0.29, 0.717) is 11.7 Å². The first-order chi connectivity index (χ1) is 11.6. The van der Waals surface area contributed by atoms with Crippen molar-refractivity contribution < 1.29 is 4.79 Å². The van der Waals surface area contributed by atoms with Crippen molar-refractivity contribution >= 4 is 23.2 Å².